The minimum Gasteiger partial charge on any atom is -0.496 e. The van der Waals surface area contributed by atoms with Crippen molar-refractivity contribution in [2.45, 2.75) is 27.2 Å². The van der Waals surface area contributed by atoms with E-state index in [1.165, 1.54) is 0 Å². The van der Waals surface area contributed by atoms with Crippen LogP contribution in [0.15, 0.2) is 24.5 Å². The molecule has 1 aromatic heterocycles. The van der Waals surface area contributed by atoms with Crippen molar-refractivity contribution in [1.29, 1.82) is 0 Å². The van der Waals surface area contributed by atoms with Crippen LogP contribution in [-0.2, 0) is 0 Å². The Labute approximate surface area is 125 Å². The lowest BCUT2D eigenvalue weighted by Gasteiger charge is -2.13. The van der Waals surface area contributed by atoms with Crippen LogP contribution < -0.4 is 15.4 Å². The summed E-state index contributed by atoms with van der Waals surface area (Å²) in [4.78, 5) is 8.60. The summed E-state index contributed by atoms with van der Waals surface area (Å²) in [5.74, 6) is 2.57. The molecule has 1 heterocycles. The Morgan fingerprint density at radius 3 is 2.57 bits per heavy atom. The molecule has 0 bridgehead atoms. The van der Waals surface area contributed by atoms with E-state index >= 15 is 0 Å². The van der Waals surface area contributed by atoms with Crippen LogP contribution in [0, 0.1) is 13.8 Å². The molecule has 0 aliphatic carbocycles. The molecule has 5 nitrogen and oxygen atoms in total. The maximum Gasteiger partial charge on any atom is 0.138 e. The summed E-state index contributed by atoms with van der Waals surface area (Å²) in [6, 6.07) is 5.97. The molecule has 2 aromatic rings. The van der Waals surface area contributed by atoms with Crippen LogP contribution >= 0.6 is 0 Å². The minimum atomic E-state index is 0.813. The number of hydrogen-bond donors (Lipinski definition) is 2. The number of methoxy groups -OCH3 is 1. The second-order valence-corrected chi connectivity index (χ2v) is 4.93. The molecule has 21 heavy (non-hydrogen) atoms. The SMILES string of the molecule is CCCNc1ncnc(Nc2ccc(OC)c(C)c2)c1C. The minimum absolute atomic E-state index is 0.813. The number of benzene rings is 1. The predicted molar refractivity (Wildman–Crippen MR) is 86.6 cm³/mol. The summed E-state index contributed by atoms with van der Waals surface area (Å²) >= 11 is 0. The average molecular weight is 286 g/mol. The van der Waals surface area contributed by atoms with Gasteiger partial charge in [0.1, 0.15) is 23.7 Å². The molecule has 0 atom stereocenters. The highest BCUT2D eigenvalue weighted by atomic mass is 16.5. The standard InChI is InChI=1S/C16H22N4O/c1-5-8-17-15-12(3)16(19-10-18-15)20-13-6-7-14(21-4)11(2)9-13/h6-7,9-10H,5,8H2,1-4H3,(H2,17,18,19,20). The Bertz CT molecular complexity index is 613. The lowest BCUT2D eigenvalue weighted by molar-refractivity contribution is 0.412. The number of ether oxygens (including phenoxy) is 1. The summed E-state index contributed by atoms with van der Waals surface area (Å²) in [6.07, 6.45) is 2.63. The molecule has 2 rings (SSSR count). The van der Waals surface area contributed by atoms with Crippen LogP contribution in [0.5, 0.6) is 5.75 Å². The van der Waals surface area contributed by atoms with Gasteiger partial charge in [-0.05, 0) is 44.0 Å². The quantitative estimate of drug-likeness (QED) is 0.848. The number of aromatic nitrogens is 2. The van der Waals surface area contributed by atoms with Crippen molar-refractivity contribution >= 4 is 17.3 Å². The van der Waals surface area contributed by atoms with E-state index in [-0.39, 0.29) is 0 Å². The van der Waals surface area contributed by atoms with Crippen LogP contribution in [-0.4, -0.2) is 23.6 Å². The smallest absolute Gasteiger partial charge is 0.138 e. The number of hydrogen-bond acceptors (Lipinski definition) is 5. The zero-order valence-electron chi connectivity index (χ0n) is 13.0. The normalized spacial score (nSPS) is 10.3. The Morgan fingerprint density at radius 2 is 1.90 bits per heavy atom. The highest BCUT2D eigenvalue weighted by molar-refractivity contribution is 5.65. The van der Waals surface area contributed by atoms with E-state index in [1.807, 2.05) is 32.0 Å². The molecule has 0 saturated carbocycles. The van der Waals surface area contributed by atoms with Gasteiger partial charge in [-0.3, -0.25) is 0 Å². The number of aryl methyl sites for hydroxylation is 1. The first-order valence-corrected chi connectivity index (χ1v) is 7.12. The third-order valence-corrected chi connectivity index (χ3v) is 3.28. The van der Waals surface area contributed by atoms with Crippen molar-refractivity contribution in [3.8, 4) is 5.75 Å². The van der Waals surface area contributed by atoms with Gasteiger partial charge in [0.05, 0.1) is 7.11 Å². The second-order valence-electron chi connectivity index (χ2n) is 4.93. The Balaban J connectivity index is 2.21. The molecule has 5 heteroatoms. The van der Waals surface area contributed by atoms with Crippen LogP contribution in [0.4, 0.5) is 17.3 Å². The van der Waals surface area contributed by atoms with Crippen molar-refractivity contribution in [2.24, 2.45) is 0 Å². The molecule has 1 aromatic carbocycles. The van der Waals surface area contributed by atoms with Gasteiger partial charge in [0, 0.05) is 17.8 Å². The van der Waals surface area contributed by atoms with Gasteiger partial charge in [0.2, 0.25) is 0 Å². The van der Waals surface area contributed by atoms with Crippen molar-refractivity contribution in [3.63, 3.8) is 0 Å². The molecule has 0 saturated heterocycles. The van der Waals surface area contributed by atoms with Gasteiger partial charge in [0.15, 0.2) is 0 Å². The molecular formula is C16H22N4O. The van der Waals surface area contributed by atoms with Crippen LogP contribution in [0.3, 0.4) is 0 Å². The lowest BCUT2D eigenvalue weighted by atomic mass is 10.2. The summed E-state index contributed by atoms with van der Waals surface area (Å²) in [6.45, 7) is 7.06. The number of anilines is 3. The van der Waals surface area contributed by atoms with Crippen molar-refractivity contribution < 1.29 is 4.74 Å². The van der Waals surface area contributed by atoms with Gasteiger partial charge in [-0.2, -0.15) is 0 Å². The molecule has 0 aliphatic rings. The fraction of sp³-hybridized carbons (Fsp3) is 0.375. The van der Waals surface area contributed by atoms with Crippen molar-refractivity contribution in [3.05, 3.63) is 35.7 Å². The number of rotatable bonds is 6. The van der Waals surface area contributed by atoms with E-state index in [0.717, 1.165) is 47.2 Å². The van der Waals surface area contributed by atoms with Crippen molar-refractivity contribution in [2.75, 3.05) is 24.3 Å². The molecule has 0 unspecified atom stereocenters. The second kappa shape index (κ2) is 6.92. The highest BCUT2D eigenvalue weighted by Crippen LogP contribution is 2.26. The van der Waals surface area contributed by atoms with Crippen LogP contribution in [0.25, 0.3) is 0 Å². The molecule has 0 spiro atoms. The Kier molecular flexibility index (Phi) is 4.98. The largest absolute Gasteiger partial charge is 0.496 e. The topological polar surface area (TPSA) is 59.1 Å². The number of nitrogens with zero attached hydrogens (tertiary/aromatic N) is 2. The summed E-state index contributed by atoms with van der Waals surface area (Å²) in [5, 5.41) is 6.64. The third-order valence-electron chi connectivity index (χ3n) is 3.28. The van der Waals surface area contributed by atoms with Gasteiger partial charge in [-0.25, -0.2) is 9.97 Å². The summed E-state index contributed by atoms with van der Waals surface area (Å²) in [5.41, 5.74) is 3.08. The van der Waals surface area contributed by atoms with Gasteiger partial charge in [-0.1, -0.05) is 6.92 Å². The van der Waals surface area contributed by atoms with Crippen LogP contribution in [0.2, 0.25) is 0 Å². The first-order valence-electron chi connectivity index (χ1n) is 7.12. The average Bonchev–Trinajstić information content (AvgIpc) is 2.48. The van der Waals surface area contributed by atoms with Gasteiger partial charge in [0.25, 0.3) is 0 Å². The summed E-state index contributed by atoms with van der Waals surface area (Å²) in [7, 11) is 1.68. The first kappa shape index (κ1) is 15.1. The van der Waals surface area contributed by atoms with Crippen molar-refractivity contribution in [1.82, 2.24) is 9.97 Å². The summed E-state index contributed by atoms with van der Waals surface area (Å²) < 4.78 is 5.27. The molecule has 0 fully saturated rings. The van der Waals surface area contributed by atoms with E-state index < -0.39 is 0 Å². The fourth-order valence-corrected chi connectivity index (χ4v) is 2.09. The first-order chi connectivity index (χ1) is 10.2. The lowest BCUT2D eigenvalue weighted by Crippen LogP contribution is -2.07. The van der Waals surface area contributed by atoms with Crippen LogP contribution in [0.1, 0.15) is 24.5 Å². The molecule has 0 aliphatic heterocycles. The van der Waals surface area contributed by atoms with Gasteiger partial charge < -0.3 is 15.4 Å². The van der Waals surface area contributed by atoms with E-state index in [2.05, 4.69) is 27.5 Å². The molecule has 112 valence electrons. The third kappa shape index (κ3) is 3.62. The van der Waals surface area contributed by atoms with E-state index in [4.69, 9.17) is 4.74 Å². The molecule has 0 amide bonds. The Hall–Kier alpha value is -2.30. The van der Waals surface area contributed by atoms with Gasteiger partial charge in [-0.15, -0.1) is 0 Å². The maximum atomic E-state index is 5.27. The fourth-order valence-electron chi connectivity index (χ4n) is 2.09. The molecule has 2 N–H and O–H groups in total. The van der Waals surface area contributed by atoms with E-state index in [9.17, 15) is 0 Å². The molecular weight excluding hydrogens is 264 g/mol. The monoisotopic (exact) mass is 286 g/mol. The van der Waals surface area contributed by atoms with Gasteiger partial charge >= 0.3 is 0 Å². The number of nitrogens with one attached hydrogen (secondary N) is 2. The Morgan fingerprint density at radius 1 is 1.14 bits per heavy atom. The van der Waals surface area contributed by atoms with E-state index in [1.54, 1.807) is 13.4 Å². The predicted octanol–water partition coefficient (Wildman–Crippen LogP) is 3.67. The zero-order chi connectivity index (χ0) is 15.2. The van der Waals surface area contributed by atoms with E-state index in [0.29, 0.717) is 0 Å². The zero-order valence-corrected chi connectivity index (χ0v) is 13.0. The molecule has 0 radical (unpaired) electrons. The maximum absolute atomic E-state index is 5.27. The highest BCUT2D eigenvalue weighted by Gasteiger charge is 2.07.